The van der Waals surface area contributed by atoms with Crippen LogP contribution in [0.5, 0.6) is 0 Å². The first-order chi connectivity index (χ1) is 4.83. The summed E-state index contributed by atoms with van der Waals surface area (Å²) < 4.78 is 0. The summed E-state index contributed by atoms with van der Waals surface area (Å²) in [5, 5.41) is 8.29. The first kappa shape index (κ1) is 12.1. The second kappa shape index (κ2) is 15.8. The van der Waals surface area contributed by atoms with E-state index in [2.05, 4.69) is 12.7 Å². The van der Waals surface area contributed by atoms with Crippen LogP contribution in [-0.2, 0) is 4.79 Å². The molecule has 3 N–H and O–H groups in total. The van der Waals surface area contributed by atoms with Crippen molar-refractivity contribution in [1.29, 1.82) is 0 Å². The lowest BCUT2D eigenvalue weighted by molar-refractivity contribution is -0.106. The highest BCUT2D eigenvalue weighted by molar-refractivity contribution is 5.42. The Hall–Kier alpha value is -0.570. The van der Waals surface area contributed by atoms with Crippen LogP contribution in [0.3, 0.4) is 0 Å². The van der Waals surface area contributed by atoms with E-state index in [1.54, 1.807) is 0 Å². The van der Waals surface area contributed by atoms with E-state index in [9.17, 15) is 0 Å². The molecule has 0 aromatic carbocycles. The van der Waals surface area contributed by atoms with Crippen molar-refractivity contribution in [3.05, 3.63) is 0 Å². The van der Waals surface area contributed by atoms with Gasteiger partial charge in [-0.3, -0.25) is 4.79 Å². The number of aliphatic hydroxyl groups is 1. The number of carbonyl (C=O) groups excluding carboxylic acids is 1. The zero-order valence-electron chi connectivity index (χ0n) is 6.55. The van der Waals surface area contributed by atoms with Gasteiger partial charge in [0.2, 0.25) is 6.41 Å². The molecule has 0 aliphatic carbocycles. The Labute approximate surface area is 62.2 Å². The maximum atomic E-state index is 8.58. The van der Waals surface area contributed by atoms with E-state index in [0.717, 1.165) is 6.42 Å². The molecule has 0 aromatic rings. The zero-order chi connectivity index (χ0) is 8.24. The van der Waals surface area contributed by atoms with Gasteiger partial charge in [-0.25, -0.2) is 0 Å². The van der Waals surface area contributed by atoms with Crippen molar-refractivity contribution in [2.45, 2.75) is 32.6 Å². The Morgan fingerprint density at radius 3 is 2.20 bits per heavy atom. The number of amides is 1. The maximum absolute atomic E-state index is 8.58. The summed E-state index contributed by atoms with van der Waals surface area (Å²) >= 11 is 0. The Balaban J connectivity index is 0. The molecule has 0 bridgehead atoms. The average Bonchev–Trinajstić information content (AvgIpc) is 1.91. The molecule has 0 aliphatic rings. The highest BCUT2D eigenvalue weighted by Gasteiger charge is 1.80. The van der Waals surface area contributed by atoms with E-state index >= 15 is 0 Å². The van der Waals surface area contributed by atoms with Gasteiger partial charge in [0.15, 0.2) is 0 Å². The largest absolute Gasteiger partial charge is 0.396 e. The molecule has 0 radical (unpaired) electrons. The van der Waals surface area contributed by atoms with Crippen LogP contribution in [0.1, 0.15) is 32.6 Å². The fourth-order valence-electron chi connectivity index (χ4n) is 0.539. The number of hydrogen-bond donors (Lipinski definition) is 2. The third-order valence-electron chi connectivity index (χ3n) is 1.01. The van der Waals surface area contributed by atoms with Gasteiger partial charge < -0.3 is 10.8 Å². The summed E-state index contributed by atoms with van der Waals surface area (Å²) in [4.78, 5) is 8.58. The quantitative estimate of drug-likeness (QED) is 0.453. The van der Waals surface area contributed by atoms with Gasteiger partial charge in [-0.1, -0.05) is 26.2 Å². The smallest absolute Gasteiger partial charge is 0.204 e. The molecule has 0 atom stereocenters. The van der Waals surface area contributed by atoms with Crippen molar-refractivity contribution in [3.8, 4) is 0 Å². The topological polar surface area (TPSA) is 63.3 Å². The van der Waals surface area contributed by atoms with E-state index in [0.29, 0.717) is 6.61 Å². The number of primary amides is 1. The van der Waals surface area contributed by atoms with Crippen LogP contribution in [0, 0.1) is 0 Å². The SMILES string of the molecule is CCCCCCO.NC=O. The van der Waals surface area contributed by atoms with Crippen LogP contribution >= 0.6 is 0 Å². The first-order valence-electron chi connectivity index (χ1n) is 3.59. The molecule has 62 valence electrons. The average molecular weight is 147 g/mol. The molecule has 0 fully saturated rings. The van der Waals surface area contributed by atoms with Crippen LogP contribution in [0.4, 0.5) is 0 Å². The van der Waals surface area contributed by atoms with Crippen LogP contribution in [0.25, 0.3) is 0 Å². The standard InChI is InChI=1S/C6H14O.CH3NO/c1-2-3-4-5-6-7;2-1-3/h7H,2-6H2,1H3;1H,(H2,2,3). The van der Waals surface area contributed by atoms with Crippen LogP contribution in [0.2, 0.25) is 0 Å². The molecule has 1 amide bonds. The molecule has 0 spiro atoms. The lowest BCUT2D eigenvalue weighted by atomic mass is 10.2. The van der Waals surface area contributed by atoms with Crippen molar-refractivity contribution in [2.24, 2.45) is 5.73 Å². The number of unbranched alkanes of at least 4 members (excludes halogenated alkanes) is 3. The highest BCUT2D eigenvalue weighted by Crippen LogP contribution is 1.95. The summed E-state index contributed by atoms with van der Waals surface area (Å²) in [5.41, 5.74) is 4.17. The molecule has 0 saturated carbocycles. The Kier molecular flexibility index (Phi) is 19.2. The van der Waals surface area contributed by atoms with Crippen molar-refractivity contribution in [2.75, 3.05) is 6.61 Å². The Morgan fingerprint density at radius 1 is 1.40 bits per heavy atom. The summed E-state index contributed by atoms with van der Waals surface area (Å²) in [5.74, 6) is 0. The second-order valence-electron chi connectivity index (χ2n) is 1.92. The number of carbonyl (C=O) groups is 1. The molecule has 3 heteroatoms. The van der Waals surface area contributed by atoms with E-state index < -0.39 is 0 Å². The Morgan fingerprint density at radius 2 is 1.90 bits per heavy atom. The minimum absolute atomic E-state index is 0.250. The van der Waals surface area contributed by atoms with Crippen molar-refractivity contribution in [3.63, 3.8) is 0 Å². The molecule has 3 nitrogen and oxygen atoms in total. The predicted molar refractivity (Wildman–Crippen MR) is 41.5 cm³/mol. The van der Waals surface area contributed by atoms with E-state index in [-0.39, 0.29) is 6.41 Å². The van der Waals surface area contributed by atoms with Crippen LogP contribution in [0.15, 0.2) is 0 Å². The second-order valence-corrected chi connectivity index (χ2v) is 1.92. The fourth-order valence-corrected chi connectivity index (χ4v) is 0.539. The number of rotatable bonds is 4. The minimum Gasteiger partial charge on any atom is -0.396 e. The highest BCUT2D eigenvalue weighted by atomic mass is 16.2. The van der Waals surface area contributed by atoms with Gasteiger partial charge in [-0.05, 0) is 6.42 Å². The molecule has 0 saturated heterocycles. The van der Waals surface area contributed by atoms with Gasteiger partial charge in [0.05, 0.1) is 0 Å². The summed E-state index contributed by atoms with van der Waals surface area (Å²) in [6, 6.07) is 0. The van der Waals surface area contributed by atoms with Gasteiger partial charge >= 0.3 is 0 Å². The number of hydrogen-bond acceptors (Lipinski definition) is 2. The normalized spacial score (nSPS) is 7.80. The predicted octanol–water partition coefficient (Wildman–Crippen LogP) is 0.661. The number of aliphatic hydroxyl groups excluding tert-OH is 1. The zero-order valence-corrected chi connectivity index (χ0v) is 6.55. The molecule has 0 rings (SSSR count). The molecule has 10 heavy (non-hydrogen) atoms. The summed E-state index contributed by atoms with van der Waals surface area (Å²) in [7, 11) is 0. The molecular weight excluding hydrogens is 130 g/mol. The molecular formula is C7H17NO2. The lowest BCUT2D eigenvalue weighted by Gasteiger charge is -1.90. The minimum atomic E-state index is 0.250. The fraction of sp³-hybridized carbons (Fsp3) is 0.857. The number of nitrogens with two attached hydrogens (primary N) is 1. The Bertz CT molecular complexity index is 53.6. The molecule has 0 aromatic heterocycles. The van der Waals surface area contributed by atoms with Gasteiger partial charge in [0, 0.05) is 6.61 Å². The van der Waals surface area contributed by atoms with Crippen LogP contribution < -0.4 is 5.73 Å². The molecule has 0 unspecified atom stereocenters. The third kappa shape index (κ3) is 26.1. The molecule has 0 aliphatic heterocycles. The van der Waals surface area contributed by atoms with E-state index in [4.69, 9.17) is 9.90 Å². The van der Waals surface area contributed by atoms with Crippen molar-refractivity contribution >= 4 is 6.41 Å². The monoisotopic (exact) mass is 147 g/mol. The van der Waals surface area contributed by atoms with E-state index in [1.807, 2.05) is 0 Å². The summed E-state index contributed by atoms with van der Waals surface area (Å²) in [6.45, 7) is 2.53. The van der Waals surface area contributed by atoms with Gasteiger partial charge in [0.25, 0.3) is 0 Å². The lowest BCUT2D eigenvalue weighted by Crippen LogP contribution is -1.82. The van der Waals surface area contributed by atoms with E-state index in [1.165, 1.54) is 19.3 Å². The van der Waals surface area contributed by atoms with Gasteiger partial charge in [-0.2, -0.15) is 0 Å². The first-order valence-corrected chi connectivity index (χ1v) is 3.59. The van der Waals surface area contributed by atoms with Gasteiger partial charge in [-0.15, -0.1) is 0 Å². The third-order valence-corrected chi connectivity index (χ3v) is 1.01. The maximum Gasteiger partial charge on any atom is 0.204 e. The summed E-state index contributed by atoms with van der Waals surface area (Å²) in [6.07, 6.45) is 4.93. The van der Waals surface area contributed by atoms with Crippen molar-refractivity contribution < 1.29 is 9.90 Å². The van der Waals surface area contributed by atoms with Crippen LogP contribution in [-0.4, -0.2) is 18.1 Å². The molecule has 0 heterocycles. The van der Waals surface area contributed by atoms with Gasteiger partial charge in [0.1, 0.15) is 0 Å². The van der Waals surface area contributed by atoms with Crippen molar-refractivity contribution in [1.82, 2.24) is 0 Å².